The van der Waals surface area contributed by atoms with E-state index in [9.17, 15) is 0 Å². The van der Waals surface area contributed by atoms with Crippen molar-refractivity contribution in [3.8, 4) is 6.07 Å². The maximum absolute atomic E-state index is 8.86. The van der Waals surface area contributed by atoms with Gasteiger partial charge in [-0.2, -0.15) is 5.26 Å². The third-order valence-corrected chi connectivity index (χ3v) is 4.21. The fourth-order valence-corrected chi connectivity index (χ4v) is 3.26. The summed E-state index contributed by atoms with van der Waals surface area (Å²) in [6.45, 7) is 1.72. The quantitative estimate of drug-likeness (QED) is 0.824. The zero-order chi connectivity index (χ0) is 13.2. The number of nitrogens with two attached hydrogens (primary N) is 1. The molecule has 2 aliphatic rings. The Bertz CT molecular complexity index is 509. The SMILES string of the molecule is N#CCc1cc(N2CCOC3CCCC32)ccc1N. The van der Waals surface area contributed by atoms with Crippen LogP contribution in [0, 0.1) is 11.3 Å². The summed E-state index contributed by atoms with van der Waals surface area (Å²) in [5.41, 5.74) is 8.74. The number of nitrogen functional groups attached to an aromatic ring is 1. The Hall–Kier alpha value is -1.73. The number of nitrogens with zero attached hydrogens (tertiary/aromatic N) is 2. The van der Waals surface area contributed by atoms with E-state index in [4.69, 9.17) is 15.7 Å². The van der Waals surface area contributed by atoms with Crippen LogP contribution in [0.3, 0.4) is 0 Å². The van der Waals surface area contributed by atoms with Crippen LogP contribution < -0.4 is 10.6 Å². The Morgan fingerprint density at radius 2 is 2.32 bits per heavy atom. The minimum Gasteiger partial charge on any atom is -0.398 e. The molecule has 1 aliphatic heterocycles. The molecule has 4 nitrogen and oxygen atoms in total. The molecule has 3 rings (SSSR count). The van der Waals surface area contributed by atoms with E-state index in [2.05, 4.69) is 23.1 Å². The van der Waals surface area contributed by atoms with Gasteiger partial charge in [0.1, 0.15) is 0 Å². The van der Waals surface area contributed by atoms with Crippen LogP contribution in [-0.2, 0) is 11.2 Å². The van der Waals surface area contributed by atoms with Gasteiger partial charge >= 0.3 is 0 Å². The van der Waals surface area contributed by atoms with Crippen LogP contribution in [0.4, 0.5) is 11.4 Å². The highest BCUT2D eigenvalue weighted by molar-refractivity contribution is 5.60. The van der Waals surface area contributed by atoms with E-state index in [0.29, 0.717) is 24.3 Å². The van der Waals surface area contributed by atoms with E-state index in [1.165, 1.54) is 24.9 Å². The number of morpholine rings is 1. The van der Waals surface area contributed by atoms with E-state index < -0.39 is 0 Å². The summed E-state index contributed by atoms with van der Waals surface area (Å²) in [5, 5.41) is 8.86. The molecule has 1 aromatic carbocycles. The summed E-state index contributed by atoms with van der Waals surface area (Å²) < 4.78 is 5.84. The summed E-state index contributed by atoms with van der Waals surface area (Å²) in [6, 6.07) is 8.72. The van der Waals surface area contributed by atoms with E-state index in [1.807, 2.05) is 6.07 Å². The lowest BCUT2D eigenvalue weighted by Crippen LogP contribution is -2.48. The van der Waals surface area contributed by atoms with Gasteiger partial charge in [0.2, 0.25) is 0 Å². The monoisotopic (exact) mass is 257 g/mol. The van der Waals surface area contributed by atoms with Crippen molar-refractivity contribution in [2.75, 3.05) is 23.8 Å². The van der Waals surface area contributed by atoms with E-state index in [1.54, 1.807) is 0 Å². The molecule has 2 unspecified atom stereocenters. The molecule has 100 valence electrons. The van der Waals surface area contributed by atoms with Crippen molar-refractivity contribution < 1.29 is 4.74 Å². The Labute approximate surface area is 113 Å². The van der Waals surface area contributed by atoms with Gasteiger partial charge in [-0.05, 0) is 43.0 Å². The average Bonchev–Trinajstić information content (AvgIpc) is 2.90. The van der Waals surface area contributed by atoms with Gasteiger partial charge in [-0.15, -0.1) is 0 Å². The van der Waals surface area contributed by atoms with Gasteiger partial charge in [0, 0.05) is 17.9 Å². The maximum Gasteiger partial charge on any atom is 0.0779 e. The Morgan fingerprint density at radius 1 is 1.42 bits per heavy atom. The molecule has 2 fully saturated rings. The fourth-order valence-electron chi connectivity index (χ4n) is 3.26. The second kappa shape index (κ2) is 5.10. The summed E-state index contributed by atoms with van der Waals surface area (Å²) in [5.74, 6) is 0. The third-order valence-electron chi connectivity index (χ3n) is 4.21. The molecule has 1 heterocycles. The standard InChI is InChI=1S/C15H19N3O/c16-7-6-11-10-12(4-5-13(11)17)18-8-9-19-15-3-1-2-14(15)18/h4-5,10,14-15H,1-3,6,8-9,17H2. The van der Waals surface area contributed by atoms with Crippen LogP contribution in [-0.4, -0.2) is 25.3 Å². The van der Waals surface area contributed by atoms with Gasteiger partial charge < -0.3 is 15.4 Å². The molecular formula is C15H19N3O. The Morgan fingerprint density at radius 3 is 3.16 bits per heavy atom. The first-order valence-corrected chi connectivity index (χ1v) is 6.93. The lowest BCUT2D eigenvalue weighted by Gasteiger charge is -2.39. The van der Waals surface area contributed by atoms with Gasteiger partial charge in [0.25, 0.3) is 0 Å². The smallest absolute Gasteiger partial charge is 0.0779 e. The number of benzene rings is 1. The van der Waals surface area contributed by atoms with Crippen molar-refractivity contribution in [2.45, 2.75) is 37.8 Å². The van der Waals surface area contributed by atoms with Gasteiger partial charge in [-0.25, -0.2) is 0 Å². The topological polar surface area (TPSA) is 62.3 Å². The number of ether oxygens (including phenoxy) is 1. The molecule has 0 radical (unpaired) electrons. The minimum absolute atomic E-state index is 0.373. The number of hydrogen-bond acceptors (Lipinski definition) is 4. The second-order valence-electron chi connectivity index (χ2n) is 5.32. The van der Waals surface area contributed by atoms with Crippen LogP contribution in [0.25, 0.3) is 0 Å². The third kappa shape index (κ3) is 2.26. The Balaban J connectivity index is 1.88. The van der Waals surface area contributed by atoms with Crippen molar-refractivity contribution in [2.24, 2.45) is 0 Å². The molecule has 2 atom stereocenters. The molecule has 0 aromatic heterocycles. The van der Waals surface area contributed by atoms with E-state index in [-0.39, 0.29) is 0 Å². The number of nitriles is 1. The lowest BCUT2D eigenvalue weighted by molar-refractivity contribution is 0.0256. The largest absolute Gasteiger partial charge is 0.398 e. The normalized spacial score (nSPS) is 25.9. The van der Waals surface area contributed by atoms with Crippen molar-refractivity contribution in [1.82, 2.24) is 0 Å². The highest BCUT2D eigenvalue weighted by Gasteiger charge is 2.36. The molecule has 19 heavy (non-hydrogen) atoms. The van der Waals surface area contributed by atoms with Gasteiger partial charge in [0.15, 0.2) is 0 Å². The van der Waals surface area contributed by atoms with Gasteiger partial charge in [-0.3, -0.25) is 0 Å². The van der Waals surface area contributed by atoms with Crippen molar-refractivity contribution in [3.63, 3.8) is 0 Å². The molecule has 1 saturated carbocycles. The minimum atomic E-state index is 0.373. The summed E-state index contributed by atoms with van der Waals surface area (Å²) in [4.78, 5) is 2.43. The molecule has 0 amide bonds. The predicted octanol–water partition coefficient (Wildman–Crippen LogP) is 2.09. The highest BCUT2D eigenvalue weighted by atomic mass is 16.5. The number of hydrogen-bond donors (Lipinski definition) is 1. The number of fused-ring (bicyclic) bond motifs is 1. The molecule has 0 bridgehead atoms. The highest BCUT2D eigenvalue weighted by Crippen LogP contribution is 2.34. The van der Waals surface area contributed by atoms with Crippen LogP contribution in [0.2, 0.25) is 0 Å². The summed E-state index contributed by atoms with van der Waals surface area (Å²) in [6.07, 6.45) is 4.36. The van der Waals surface area contributed by atoms with Crippen LogP contribution in [0.1, 0.15) is 24.8 Å². The Kier molecular flexibility index (Phi) is 3.31. The summed E-state index contributed by atoms with van der Waals surface area (Å²) >= 11 is 0. The second-order valence-corrected chi connectivity index (χ2v) is 5.32. The molecule has 0 spiro atoms. The number of anilines is 2. The zero-order valence-electron chi connectivity index (χ0n) is 11.0. The van der Waals surface area contributed by atoms with E-state index in [0.717, 1.165) is 18.7 Å². The van der Waals surface area contributed by atoms with Gasteiger partial charge in [-0.1, -0.05) is 0 Å². The van der Waals surface area contributed by atoms with Crippen LogP contribution >= 0.6 is 0 Å². The van der Waals surface area contributed by atoms with Crippen molar-refractivity contribution in [3.05, 3.63) is 23.8 Å². The van der Waals surface area contributed by atoms with Crippen molar-refractivity contribution >= 4 is 11.4 Å². The van der Waals surface area contributed by atoms with Crippen molar-refractivity contribution in [1.29, 1.82) is 5.26 Å². The molecule has 1 aliphatic carbocycles. The van der Waals surface area contributed by atoms with Crippen LogP contribution in [0.5, 0.6) is 0 Å². The zero-order valence-corrected chi connectivity index (χ0v) is 11.0. The fraction of sp³-hybridized carbons (Fsp3) is 0.533. The summed E-state index contributed by atoms with van der Waals surface area (Å²) in [7, 11) is 0. The molecule has 2 N–H and O–H groups in total. The molecule has 4 heteroatoms. The first-order chi connectivity index (χ1) is 9.29. The van der Waals surface area contributed by atoms with E-state index >= 15 is 0 Å². The van der Waals surface area contributed by atoms with Gasteiger partial charge in [0.05, 0.1) is 31.2 Å². The predicted molar refractivity (Wildman–Crippen MR) is 74.9 cm³/mol. The average molecular weight is 257 g/mol. The molecule has 1 aromatic rings. The lowest BCUT2D eigenvalue weighted by atomic mass is 10.1. The first-order valence-electron chi connectivity index (χ1n) is 6.93. The molecular weight excluding hydrogens is 238 g/mol. The first kappa shape index (κ1) is 12.3. The maximum atomic E-state index is 8.86. The van der Waals surface area contributed by atoms with Crippen LogP contribution in [0.15, 0.2) is 18.2 Å². The number of rotatable bonds is 2. The molecule has 1 saturated heterocycles.